The van der Waals surface area contributed by atoms with Crippen LogP contribution in [0.1, 0.15) is 13.3 Å². The Morgan fingerprint density at radius 2 is 2.23 bits per heavy atom. The van der Waals surface area contributed by atoms with Crippen LogP contribution in [0.3, 0.4) is 0 Å². The number of halogens is 1. The molecule has 0 aromatic rings. The van der Waals surface area contributed by atoms with E-state index < -0.39 is 5.97 Å². The molecule has 0 spiro atoms. The Morgan fingerprint density at radius 1 is 1.54 bits per heavy atom. The summed E-state index contributed by atoms with van der Waals surface area (Å²) in [5, 5.41) is 2.37. The van der Waals surface area contributed by atoms with Gasteiger partial charge in [-0.15, -0.1) is 11.6 Å². The highest BCUT2D eigenvalue weighted by Crippen LogP contribution is 1.84. The largest absolute Gasteiger partial charge is 0.463 e. The number of carbonyl (C=O) groups excluding carboxylic acids is 2. The Morgan fingerprint density at radius 3 is 2.77 bits per heavy atom. The summed E-state index contributed by atoms with van der Waals surface area (Å²) in [6, 6.07) is 0. The normalized spacial score (nSPS) is 10.0. The Bertz CT molecular complexity index is 204. The average Bonchev–Trinajstić information content (AvgIpc) is 2.05. The van der Waals surface area contributed by atoms with Crippen LogP contribution in [-0.2, 0) is 14.3 Å². The second-order valence-electron chi connectivity index (χ2n) is 2.09. The molecule has 0 aromatic heterocycles. The van der Waals surface area contributed by atoms with E-state index in [1.165, 1.54) is 6.20 Å². The van der Waals surface area contributed by atoms with Gasteiger partial charge < -0.3 is 10.1 Å². The zero-order valence-corrected chi connectivity index (χ0v) is 8.13. The number of carbonyl (C=O) groups is 2. The molecule has 0 aliphatic heterocycles. The van der Waals surface area contributed by atoms with Crippen LogP contribution in [0, 0.1) is 0 Å². The van der Waals surface area contributed by atoms with Crippen molar-refractivity contribution in [1.29, 1.82) is 0 Å². The Kier molecular flexibility index (Phi) is 7.01. The Hall–Kier alpha value is -1.03. The molecule has 0 aliphatic rings. The Balaban J connectivity index is 3.61. The molecule has 0 aromatic carbocycles. The lowest BCUT2D eigenvalue weighted by Gasteiger charge is -1.96. The minimum absolute atomic E-state index is 0.226. The lowest BCUT2D eigenvalue weighted by atomic mass is 10.4. The molecule has 0 saturated heterocycles. The number of rotatable bonds is 5. The van der Waals surface area contributed by atoms with Crippen molar-refractivity contribution < 1.29 is 14.3 Å². The van der Waals surface area contributed by atoms with Crippen molar-refractivity contribution in [1.82, 2.24) is 5.32 Å². The number of nitrogens with one attached hydrogen (secondary N) is 1. The standard InChI is InChI=1S/C8H12ClNO3/c1-2-13-8(12)4-6-10-7(11)3-5-9/h4,6H,2-3,5H2,1H3,(H,10,11)/b6-4-. The molecule has 0 heterocycles. The predicted molar refractivity (Wildman–Crippen MR) is 49.3 cm³/mol. The van der Waals surface area contributed by atoms with E-state index in [-0.39, 0.29) is 18.2 Å². The van der Waals surface area contributed by atoms with E-state index >= 15 is 0 Å². The predicted octanol–water partition coefficient (Wildman–Crippen LogP) is 0.808. The van der Waals surface area contributed by atoms with E-state index in [0.717, 1.165) is 6.08 Å². The molecule has 0 rings (SSSR count). The molecule has 1 amide bonds. The van der Waals surface area contributed by atoms with Crippen LogP contribution in [0.4, 0.5) is 0 Å². The molecule has 0 aliphatic carbocycles. The smallest absolute Gasteiger partial charge is 0.332 e. The van der Waals surface area contributed by atoms with Gasteiger partial charge in [-0.05, 0) is 6.92 Å². The van der Waals surface area contributed by atoms with Crippen molar-refractivity contribution >= 4 is 23.5 Å². The fourth-order valence-electron chi connectivity index (χ4n) is 0.551. The summed E-state index contributed by atoms with van der Waals surface area (Å²) >= 11 is 5.31. The first-order valence-corrected chi connectivity index (χ1v) is 4.42. The van der Waals surface area contributed by atoms with Gasteiger partial charge >= 0.3 is 5.97 Å². The SMILES string of the molecule is CCOC(=O)/C=C\NC(=O)CCCl. The van der Waals surface area contributed by atoms with Gasteiger partial charge in [0.25, 0.3) is 0 Å². The average molecular weight is 206 g/mol. The van der Waals surface area contributed by atoms with Crippen molar-refractivity contribution in [3.63, 3.8) is 0 Å². The summed E-state index contributed by atoms with van der Waals surface area (Å²) in [4.78, 5) is 21.5. The molecule has 0 atom stereocenters. The van der Waals surface area contributed by atoms with E-state index in [4.69, 9.17) is 11.6 Å². The maximum Gasteiger partial charge on any atom is 0.332 e. The monoisotopic (exact) mass is 205 g/mol. The lowest BCUT2D eigenvalue weighted by molar-refractivity contribution is -0.137. The maximum absolute atomic E-state index is 10.8. The van der Waals surface area contributed by atoms with Gasteiger partial charge in [0.1, 0.15) is 0 Å². The minimum Gasteiger partial charge on any atom is -0.463 e. The van der Waals surface area contributed by atoms with Crippen molar-refractivity contribution in [3.8, 4) is 0 Å². The fraction of sp³-hybridized carbons (Fsp3) is 0.500. The van der Waals surface area contributed by atoms with E-state index in [0.29, 0.717) is 6.61 Å². The van der Waals surface area contributed by atoms with Crippen LogP contribution >= 0.6 is 11.6 Å². The summed E-state index contributed by atoms with van der Waals surface area (Å²) in [6.45, 7) is 2.02. The molecular weight excluding hydrogens is 194 g/mol. The van der Waals surface area contributed by atoms with Crippen molar-refractivity contribution in [2.75, 3.05) is 12.5 Å². The molecular formula is C8H12ClNO3. The van der Waals surface area contributed by atoms with Gasteiger partial charge in [0.2, 0.25) is 5.91 Å². The zero-order valence-electron chi connectivity index (χ0n) is 7.38. The number of esters is 1. The van der Waals surface area contributed by atoms with Crippen LogP contribution in [0.15, 0.2) is 12.3 Å². The van der Waals surface area contributed by atoms with E-state index in [1.807, 2.05) is 0 Å². The van der Waals surface area contributed by atoms with Gasteiger partial charge in [0, 0.05) is 24.6 Å². The molecule has 0 radical (unpaired) electrons. The lowest BCUT2D eigenvalue weighted by Crippen LogP contribution is -2.17. The highest BCUT2D eigenvalue weighted by Gasteiger charge is 1.96. The summed E-state index contributed by atoms with van der Waals surface area (Å²) in [5.41, 5.74) is 0. The second kappa shape index (κ2) is 7.61. The first-order valence-electron chi connectivity index (χ1n) is 3.89. The number of alkyl halides is 1. The van der Waals surface area contributed by atoms with Gasteiger partial charge in [0.05, 0.1) is 6.61 Å². The first-order chi connectivity index (χ1) is 6.20. The van der Waals surface area contributed by atoms with Crippen LogP contribution < -0.4 is 5.32 Å². The summed E-state index contributed by atoms with van der Waals surface area (Å²) in [6.07, 6.45) is 2.62. The minimum atomic E-state index is -0.478. The van der Waals surface area contributed by atoms with E-state index in [9.17, 15) is 9.59 Å². The van der Waals surface area contributed by atoms with Crippen molar-refractivity contribution in [2.24, 2.45) is 0 Å². The molecule has 0 unspecified atom stereocenters. The van der Waals surface area contributed by atoms with Gasteiger partial charge in [0.15, 0.2) is 0 Å². The topological polar surface area (TPSA) is 55.4 Å². The first kappa shape index (κ1) is 12.0. The quantitative estimate of drug-likeness (QED) is 0.411. The molecule has 5 heteroatoms. The van der Waals surface area contributed by atoms with Crippen LogP contribution in [0.2, 0.25) is 0 Å². The molecule has 4 nitrogen and oxygen atoms in total. The van der Waals surface area contributed by atoms with E-state index in [1.54, 1.807) is 6.92 Å². The number of hydrogen-bond donors (Lipinski definition) is 1. The fourth-order valence-corrected chi connectivity index (χ4v) is 0.723. The molecule has 74 valence electrons. The van der Waals surface area contributed by atoms with Gasteiger partial charge in [-0.3, -0.25) is 4.79 Å². The third-order valence-electron chi connectivity index (χ3n) is 1.07. The number of amides is 1. The Labute approximate surface area is 81.9 Å². The second-order valence-corrected chi connectivity index (χ2v) is 2.47. The van der Waals surface area contributed by atoms with Gasteiger partial charge in [-0.25, -0.2) is 4.79 Å². The van der Waals surface area contributed by atoms with Crippen LogP contribution in [0.5, 0.6) is 0 Å². The molecule has 0 fully saturated rings. The van der Waals surface area contributed by atoms with Crippen LogP contribution in [0.25, 0.3) is 0 Å². The molecule has 13 heavy (non-hydrogen) atoms. The molecule has 0 saturated carbocycles. The number of ether oxygens (including phenoxy) is 1. The van der Waals surface area contributed by atoms with Crippen molar-refractivity contribution in [3.05, 3.63) is 12.3 Å². The molecule has 1 N–H and O–H groups in total. The van der Waals surface area contributed by atoms with Crippen molar-refractivity contribution in [2.45, 2.75) is 13.3 Å². The summed E-state index contributed by atoms with van der Waals surface area (Å²) in [7, 11) is 0. The third kappa shape index (κ3) is 7.33. The third-order valence-corrected chi connectivity index (χ3v) is 1.26. The summed E-state index contributed by atoms with van der Waals surface area (Å²) < 4.78 is 4.58. The molecule has 0 bridgehead atoms. The highest BCUT2D eigenvalue weighted by atomic mass is 35.5. The maximum atomic E-state index is 10.8. The van der Waals surface area contributed by atoms with E-state index in [2.05, 4.69) is 10.1 Å². The van der Waals surface area contributed by atoms with Gasteiger partial charge in [-0.1, -0.05) is 0 Å². The summed E-state index contributed by atoms with van der Waals surface area (Å²) in [5.74, 6) is -0.441. The highest BCUT2D eigenvalue weighted by molar-refractivity contribution is 6.18. The van der Waals surface area contributed by atoms with Gasteiger partial charge in [-0.2, -0.15) is 0 Å². The van der Waals surface area contributed by atoms with Crippen LogP contribution in [-0.4, -0.2) is 24.4 Å². The zero-order chi connectivity index (χ0) is 10.1. The number of hydrogen-bond acceptors (Lipinski definition) is 3.